The number of amides is 2. The average Bonchev–Trinajstić information content (AvgIpc) is 3.73. The Labute approximate surface area is 283 Å². The topological polar surface area (TPSA) is 107 Å². The standard InChI is InChI=1S/C38H47N3O6S/c1-23(2)21-48(44,45)39-36(42)25-12-14-30-33(16-25)40-22-38(37(43)41-26-10-7-11-27(41)20-47-19-26)18-32(38)31-17-28(46-3)13-15-29(31)35(40)34(30)24-8-5-4-6-9-24/h12-17,23-24,26-27,32H,4-11,18-22H2,1-3H3,(H,39,42). The summed E-state index contributed by atoms with van der Waals surface area (Å²) in [7, 11) is -2.09. The van der Waals surface area contributed by atoms with Gasteiger partial charge >= 0.3 is 0 Å². The van der Waals surface area contributed by atoms with Gasteiger partial charge in [-0.15, -0.1) is 0 Å². The molecule has 4 fully saturated rings. The van der Waals surface area contributed by atoms with Gasteiger partial charge in [0.05, 0.1) is 49.3 Å². The Morgan fingerprint density at radius 2 is 1.75 bits per heavy atom. The molecule has 4 heterocycles. The number of nitrogens with zero attached hydrogens (tertiary/aromatic N) is 2. The van der Waals surface area contributed by atoms with Crippen LogP contribution in [0.4, 0.5) is 0 Å². The van der Waals surface area contributed by atoms with E-state index in [-0.39, 0.29) is 35.6 Å². The molecule has 2 aliphatic carbocycles. The summed E-state index contributed by atoms with van der Waals surface area (Å²) >= 11 is 0. The minimum atomic E-state index is -3.78. The van der Waals surface area contributed by atoms with Crippen LogP contribution in [-0.4, -0.2) is 67.9 Å². The number of nitrogens with one attached hydrogen (secondary N) is 1. The number of carbonyl (C=O) groups excluding carboxylic acids is 2. The van der Waals surface area contributed by atoms with Gasteiger partial charge in [-0.25, -0.2) is 13.1 Å². The maximum atomic E-state index is 15.0. The van der Waals surface area contributed by atoms with Gasteiger partial charge in [-0.2, -0.15) is 0 Å². The molecular weight excluding hydrogens is 627 g/mol. The molecule has 2 saturated carbocycles. The second-order valence-electron chi connectivity index (χ2n) is 15.4. The van der Waals surface area contributed by atoms with Crippen molar-refractivity contribution in [1.82, 2.24) is 14.2 Å². The number of morpholine rings is 1. The lowest BCUT2D eigenvalue weighted by molar-refractivity contribution is -0.157. The van der Waals surface area contributed by atoms with Crippen LogP contribution in [0.5, 0.6) is 5.75 Å². The first-order valence-corrected chi connectivity index (χ1v) is 19.5. The second-order valence-corrected chi connectivity index (χ2v) is 17.1. The summed E-state index contributed by atoms with van der Waals surface area (Å²) in [6, 6.07) is 12.2. The third kappa shape index (κ3) is 5.25. The zero-order valence-corrected chi connectivity index (χ0v) is 29.1. The molecule has 1 aromatic heterocycles. The fourth-order valence-electron chi connectivity index (χ4n) is 9.52. The monoisotopic (exact) mass is 673 g/mol. The van der Waals surface area contributed by atoms with Crippen molar-refractivity contribution in [2.75, 3.05) is 26.1 Å². The van der Waals surface area contributed by atoms with Crippen LogP contribution in [0.2, 0.25) is 0 Å². The quantitative estimate of drug-likeness (QED) is 0.314. The van der Waals surface area contributed by atoms with Crippen LogP contribution in [0, 0.1) is 11.3 Å². The van der Waals surface area contributed by atoms with Crippen LogP contribution < -0.4 is 9.46 Å². The molecule has 4 unspecified atom stereocenters. The molecule has 2 amide bonds. The highest BCUT2D eigenvalue weighted by atomic mass is 32.2. The van der Waals surface area contributed by atoms with Crippen molar-refractivity contribution in [3.63, 3.8) is 0 Å². The number of ether oxygens (including phenoxy) is 2. The molecule has 0 spiro atoms. The van der Waals surface area contributed by atoms with E-state index in [4.69, 9.17) is 9.47 Å². The molecule has 256 valence electrons. The average molecular weight is 674 g/mol. The molecule has 3 aliphatic heterocycles. The van der Waals surface area contributed by atoms with Crippen LogP contribution in [0.1, 0.15) is 105 Å². The number of methoxy groups -OCH3 is 1. The summed E-state index contributed by atoms with van der Waals surface area (Å²) in [5.41, 5.74) is 5.31. The minimum absolute atomic E-state index is 0.0560. The summed E-state index contributed by atoms with van der Waals surface area (Å²) in [5.74, 6) is 0.573. The fourth-order valence-corrected chi connectivity index (χ4v) is 10.9. The second kappa shape index (κ2) is 11.9. The van der Waals surface area contributed by atoms with Crippen molar-refractivity contribution in [1.29, 1.82) is 0 Å². The largest absolute Gasteiger partial charge is 0.497 e. The lowest BCUT2D eigenvalue weighted by Gasteiger charge is -2.47. The van der Waals surface area contributed by atoms with E-state index in [9.17, 15) is 13.2 Å². The highest BCUT2D eigenvalue weighted by molar-refractivity contribution is 7.90. The molecule has 8 rings (SSSR count). The van der Waals surface area contributed by atoms with Crippen molar-refractivity contribution < 1.29 is 27.5 Å². The normalized spacial score (nSPS) is 26.8. The van der Waals surface area contributed by atoms with Crippen molar-refractivity contribution in [3.05, 3.63) is 53.1 Å². The van der Waals surface area contributed by atoms with E-state index in [2.05, 4.69) is 26.3 Å². The third-order valence-corrected chi connectivity index (χ3v) is 13.3. The number of rotatable bonds is 7. The van der Waals surface area contributed by atoms with Crippen LogP contribution in [0.15, 0.2) is 36.4 Å². The number of sulfonamides is 1. The van der Waals surface area contributed by atoms with Gasteiger partial charge in [-0.05, 0) is 91.8 Å². The molecule has 2 bridgehead atoms. The number of carbonyl (C=O) groups is 2. The van der Waals surface area contributed by atoms with E-state index in [0.717, 1.165) is 72.0 Å². The molecule has 3 aromatic rings. The summed E-state index contributed by atoms with van der Waals surface area (Å²) in [4.78, 5) is 30.7. The molecular formula is C38H47N3O6S. The highest BCUT2D eigenvalue weighted by Crippen LogP contribution is 2.66. The zero-order valence-electron chi connectivity index (χ0n) is 28.3. The Hall–Kier alpha value is -3.37. The van der Waals surface area contributed by atoms with Gasteiger partial charge in [-0.1, -0.05) is 39.2 Å². The molecule has 48 heavy (non-hydrogen) atoms. The Balaban J connectivity index is 1.31. The summed E-state index contributed by atoms with van der Waals surface area (Å²) in [6.45, 7) is 5.33. The molecule has 10 heteroatoms. The number of hydrogen-bond acceptors (Lipinski definition) is 6. The van der Waals surface area contributed by atoms with E-state index < -0.39 is 21.3 Å². The molecule has 2 aromatic carbocycles. The Kier molecular flexibility index (Phi) is 7.90. The third-order valence-electron chi connectivity index (χ3n) is 11.7. The summed E-state index contributed by atoms with van der Waals surface area (Å²) in [6.07, 6.45) is 9.58. The van der Waals surface area contributed by atoms with E-state index in [1.54, 1.807) is 13.2 Å². The van der Waals surface area contributed by atoms with E-state index in [1.807, 2.05) is 32.0 Å². The number of benzene rings is 2. The molecule has 4 atom stereocenters. The van der Waals surface area contributed by atoms with Gasteiger partial charge in [-0.3, -0.25) is 9.59 Å². The van der Waals surface area contributed by atoms with Gasteiger partial charge in [0, 0.05) is 34.5 Å². The summed E-state index contributed by atoms with van der Waals surface area (Å²) < 4.78 is 41.8. The molecule has 0 radical (unpaired) electrons. The SMILES string of the molecule is COc1ccc2c(c1)C1CC1(C(=O)N1C3CCCC1COC3)Cn1c-2c(C2CCCCC2)c2ccc(C(=O)NS(=O)(=O)CC(C)C)cc21. The first-order chi connectivity index (χ1) is 23.1. The van der Waals surface area contributed by atoms with Crippen molar-refractivity contribution >= 4 is 32.7 Å². The predicted molar refractivity (Wildman–Crippen MR) is 185 cm³/mol. The fraction of sp³-hybridized carbons (Fsp3) is 0.579. The first kappa shape index (κ1) is 31.9. The molecule has 1 N–H and O–H groups in total. The van der Waals surface area contributed by atoms with Gasteiger partial charge in [0.2, 0.25) is 15.9 Å². The van der Waals surface area contributed by atoms with Crippen molar-refractivity contribution in [3.8, 4) is 17.0 Å². The van der Waals surface area contributed by atoms with Crippen molar-refractivity contribution in [2.45, 2.75) is 102 Å². The van der Waals surface area contributed by atoms with E-state index >= 15 is 4.79 Å². The van der Waals surface area contributed by atoms with Crippen molar-refractivity contribution in [2.24, 2.45) is 11.3 Å². The Bertz CT molecular complexity index is 1870. The van der Waals surface area contributed by atoms with Gasteiger partial charge in [0.1, 0.15) is 5.75 Å². The maximum absolute atomic E-state index is 15.0. The van der Waals surface area contributed by atoms with E-state index in [0.29, 0.717) is 31.2 Å². The van der Waals surface area contributed by atoms with Crippen LogP contribution in [0.3, 0.4) is 0 Å². The van der Waals surface area contributed by atoms with Gasteiger partial charge < -0.3 is 18.9 Å². The number of aromatic nitrogens is 1. The van der Waals surface area contributed by atoms with Gasteiger partial charge in [0.25, 0.3) is 5.91 Å². The smallest absolute Gasteiger partial charge is 0.264 e. The van der Waals surface area contributed by atoms with Crippen LogP contribution in [-0.2, 0) is 26.1 Å². The van der Waals surface area contributed by atoms with Crippen LogP contribution >= 0.6 is 0 Å². The number of hydrogen-bond donors (Lipinski definition) is 1. The van der Waals surface area contributed by atoms with Gasteiger partial charge in [0.15, 0.2) is 0 Å². The van der Waals surface area contributed by atoms with E-state index in [1.165, 1.54) is 24.8 Å². The molecule has 2 saturated heterocycles. The number of fused-ring (bicyclic) bond motifs is 9. The zero-order chi connectivity index (χ0) is 33.4. The maximum Gasteiger partial charge on any atom is 0.264 e. The van der Waals surface area contributed by atoms with Crippen LogP contribution in [0.25, 0.3) is 22.2 Å². The lowest BCUT2D eigenvalue weighted by atomic mass is 9.81. The Morgan fingerprint density at radius 3 is 2.46 bits per heavy atom. The molecule has 9 nitrogen and oxygen atoms in total. The first-order valence-electron chi connectivity index (χ1n) is 17.9. The minimum Gasteiger partial charge on any atom is -0.497 e. The number of piperidine rings is 1. The highest BCUT2D eigenvalue weighted by Gasteiger charge is 2.65. The predicted octanol–water partition coefficient (Wildman–Crippen LogP) is 6.35. The lowest BCUT2D eigenvalue weighted by Crippen LogP contribution is -2.59. The Morgan fingerprint density at radius 1 is 1.00 bits per heavy atom. The summed E-state index contributed by atoms with van der Waals surface area (Å²) in [5, 5.41) is 1.09. The molecule has 5 aliphatic rings.